The van der Waals surface area contributed by atoms with Crippen LogP contribution in [0.25, 0.3) is 0 Å². The number of aryl methyl sites for hydroxylation is 1. The van der Waals surface area contributed by atoms with Gasteiger partial charge in [0.2, 0.25) is 10.0 Å². The molecule has 5 heteroatoms. The topological polar surface area (TPSA) is 40.6 Å². The molecule has 2 aromatic carbocycles. The van der Waals surface area contributed by atoms with Crippen LogP contribution in [0, 0.1) is 6.92 Å². The van der Waals surface area contributed by atoms with Gasteiger partial charge in [-0.1, -0.05) is 48.0 Å². The fraction of sp³-hybridized carbons (Fsp3) is 0.400. The van der Waals surface area contributed by atoms with E-state index in [0.29, 0.717) is 23.5 Å². The van der Waals surface area contributed by atoms with Gasteiger partial charge in [0.05, 0.1) is 4.90 Å². The Hall–Kier alpha value is -1.69. The molecule has 0 aromatic heterocycles. The number of likely N-dealkylation sites (tertiary alicyclic amines) is 1. The van der Waals surface area contributed by atoms with E-state index in [-0.39, 0.29) is 6.04 Å². The molecule has 2 fully saturated rings. The number of piperazine rings is 1. The number of hydrogen-bond donors (Lipinski definition) is 0. The van der Waals surface area contributed by atoms with Crippen molar-refractivity contribution in [3.8, 4) is 0 Å². The van der Waals surface area contributed by atoms with Crippen LogP contribution in [0.4, 0.5) is 0 Å². The molecule has 2 saturated heterocycles. The predicted octanol–water partition coefficient (Wildman–Crippen LogP) is 3.20. The largest absolute Gasteiger partial charge is 0.291 e. The van der Waals surface area contributed by atoms with E-state index < -0.39 is 10.0 Å². The summed E-state index contributed by atoms with van der Waals surface area (Å²) in [6.45, 7) is 5.59. The second kappa shape index (κ2) is 6.24. The van der Waals surface area contributed by atoms with Crippen LogP contribution in [0.1, 0.15) is 30.5 Å². The van der Waals surface area contributed by atoms with Crippen molar-refractivity contribution in [3.05, 3.63) is 65.7 Å². The van der Waals surface area contributed by atoms with E-state index in [1.54, 1.807) is 16.4 Å². The van der Waals surface area contributed by atoms with Gasteiger partial charge in [-0.2, -0.15) is 4.31 Å². The minimum Gasteiger partial charge on any atom is -0.291 e. The van der Waals surface area contributed by atoms with Gasteiger partial charge in [0.25, 0.3) is 0 Å². The molecule has 2 bridgehead atoms. The zero-order valence-corrected chi connectivity index (χ0v) is 15.5. The average Bonchev–Trinajstić information content (AvgIpc) is 3.23. The van der Waals surface area contributed by atoms with Crippen molar-refractivity contribution in [2.24, 2.45) is 0 Å². The molecule has 2 heterocycles. The molecule has 0 saturated carbocycles. The third-order valence-electron chi connectivity index (χ3n) is 5.64. The van der Waals surface area contributed by atoms with Crippen LogP contribution in [0.2, 0.25) is 0 Å². The molecule has 0 amide bonds. The second-order valence-electron chi connectivity index (χ2n) is 7.21. The molecule has 0 N–H and O–H groups in total. The summed E-state index contributed by atoms with van der Waals surface area (Å²) in [7, 11) is -3.39. The van der Waals surface area contributed by atoms with Crippen molar-refractivity contribution >= 4 is 10.0 Å². The molecule has 0 spiro atoms. The van der Waals surface area contributed by atoms with Crippen molar-refractivity contribution < 1.29 is 8.42 Å². The maximum atomic E-state index is 13.0. The third-order valence-corrected chi connectivity index (χ3v) is 7.57. The Morgan fingerprint density at radius 3 is 2.24 bits per heavy atom. The molecule has 2 aromatic rings. The van der Waals surface area contributed by atoms with E-state index in [9.17, 15) is 8.42 Å². The van der Waals surface area contributed by atoms with Crippen molar-refractivity contribution in [2.45, 2.75) is 43.3 Å². The van der Waals surface area contributed by atoms with Crippen LogP contribution in [0.5, 0.6) is 0 Å². The molecule has 0 radical (unpaired) electrons. The van der Waals surface area contributed by atoms with E-state index in [4.69, 9.17) is 0 Å². The third kappa shape index (κ3) is 2.90. The molecular weight excluding hydrogens is 332 g/mol. The molecule has 0 unspecified atom stereocenters. The molecule has 4 rings (SSSR count). The monoisotopic (exact) mass is 356 g/mol. The van der Waals surface area contributed by atoms with Gasteiger partial charge < -0.3 is 0 Å². The van der Waals surface area contributed by atoms with Crippen molar-refractivity contribution in [3.63, 3.8) is 0 Å². The fourth-order valence-corrected chi connectivity index (χ4v) is 5.86. The highest BCUT2D eigenvalue weighted by molar-refractivity contribution is 7.89. The van der Waals surface area contributed by atoms with Crippen molar-refractivity contribution in [2.75, 3.05) is 13.1 Å². The highest BCUT2D eigenvalue weighted by Crippen LogP contribution is 2.39. The maximum Gasteiger partial charge on any atom is 0.243 e. The van der Waals surface area contributed by atoms with Crippen molar-refractivity contribution in [1.82, 2.24) is 9.21 Å². The molecule has 132 valence electrons. The number of fused-ring (bicyclic) bond motifs is 2. The average molecular weight is 356 g/mol. The second-order valence-corrected chi connectivity index (χ2v) is 9.11. The summed E-state index contributed by atoms with van der Waals surface area (Å²) >= 11 is 0. The summed E-state index contributed by atoms with van der Waals surface area (Å²) in [4.78, 5) is 2.87. The van der Waals surface area contributed by atoms with Crippen LogP contribution in [-0.2, 0) is 10.0 Å². The Morgan fingerprint density at radius 2 is 1.64 bits per heavy atom. The highest BCUT2D eigenvalue weighted by atomic mass is 32.2. The summed E-state index contributed by atoms with van der Waals surface area (Å²) in [5.74, 6) is 0. The first-order valence-corrected chi connectivity index (χ1v) is 10.3. The quantitative estimate of drug-likeness (QED) is 0.845. The number of sulfonamides is 1. The lowest BCUT2D eigenvalue weighted by Gasteiger charge is -2.37. The molecule has 25 heavy (non-hydrogen) atoms. The van der Waals surface area contributed by atoms with Crippen molar-refractivity contribution in [1.29, 1.82) is 0 Å². The van der Waals surface area contributed by atoms with Crippen LogP contribution < -0.4 is 0 Å². The van der Waals surface area contributed by atoms with Crippen LogP contribution in [0.15, 0.2) is 59.5 Å². The van der Waals surface area contributed by atoms with Gasteiger partial charge in [-0.15, -0.1) is 0 Å². The zero-order valence-electron chi connectivity index (χ0n) is 14.7. The first-order valence-electron chi connectivity index (χ1n) is 8.86. The Bertz CT molecular complexity index is 849. The Kier molecular flexibility index (Phi) is 4.18. The number of hydrogen-bond acceptors (Lipinski definition) is 3. The van der Waals surface area contributed by atoms with Crippen LogP contribution in [0.3, 0.4) is 0 Å². The van der Waals surface area contributed by atoms with Gasteiger partial charge in [0, 0.05) is 31.2 Å². The summed E-state index contributed by atoms with van der Waals surface area (Å²) in [6, 6.07) is 18.3. The van der Waals surface area contributed by atoms with E-state index >= 15 is 0 Å². The lowest BCUT2D eigenvalue weighted by atomic mass is 10.1. The van der Waals surface area contributed by atoms with Gasteiger partial charge in [0.15, 0.2) is 0 Å². The maximum absolute atomic E-state index is 13.0. The minimum absolute atomic E-state index is 0.0856. The Balaban J connectivity index is 1.52. The van der Waals surface area contributed by atoms with Crippen LogP contribution >= 0.6 is 0 Å². The van der Waals surface area contributed by atoms with E-state index in [1.165, 1.54) is 5.56 Å². The standard InChI is InChI=1S/C20H24N2O2S/c1-15-8-10-20(11-9-15)25(23,24)22-14-18-12-19(22)13-21(18)16(2)17-6-4-3-5-7-17/h3-11,16,18-19H,12-14H2,1-2H3/t16-,18-,19-/m0/s1. The van der Waals surface area contributed by atoms with Gasteiger partial charge in [0.1, 0.15) is 0 Å². The van der Waals surface area contributed by atoms with Gasteiger partial charge in [-0.25, -0.2) is 8.42 Å². The molecule has 2 aliphatic rings. The smallest absolute Gasteiger partial charge is 0.243 e. The van der Waals surface area contributed by atoms with E-state index in [0.717, 1.165) is 18.5 Å². The molecular formula is C20H24N2O2S. The molecule has 0 aliphatic carbocycles. The lowest BCUT2D eigenvalue weighted by Crippen LogP contribution is -2.49. The van der Waals surface area contributed by atoms with Gasteiger partial charge in [-0.3, -0.25) is 4.90 Å². The zero-order chi connectivity index (χ0) is 17.6. The Morgan fingerprint density at radius 1 is 0.960 bits per heavy atom. The van der Waals surface area contributed by atoms with E-state index in [2.05, 4.69) is 36.1 Å². The highest BCUT2D eigenvalue weighted by Gasteiger charge is 2.49. The summed E-state index contributed by atoms with van der Waals surface area (Å²) in [6.07, 6.45) is 0.933. The number of rotatable bonds is 4. The first-order chi connectivity index (χ1) is 12.0. The SMILES string of the molecule is Cc1ccc(S(=O)(=O)N2C[C@@H]3C[C@H]2CN3[C@@H](C)c2ccccc2)cc1. The minimum atomic E-state index is -3.39. The Labute approximate surface area is 150 Å². The summed E-state index contributed by atoms with van der Waals surface area (Å²) in [5, 5.41) is 0. The van der Waals surface area contributed by atoms with E-state index in [1.807, 2.05) is 25.1 Å². The number of nitrogens with zero attached hydrogens (tertiary/aromatic N) is 2. The lowest BCUT2D eigenvalue weighted by molar-refractivity contribution is 0.138. The molecule has 2 aliphatic heterocycles. The fourth-order valence-electron chi connectivity index (χ4n) is 4.20. The predicted molar refractivity (Wildman–Crippen MR) is 98.8 cm³/mol. The molecule has 3 atom stereocenters. The normalized spacial score (nSPS) is 25.4. The number of benzene rings is 2. The summed E-state index contributed by atoms with van der Waals surface area (Å²) < 4.78 is 27.7. The van der Waals surface area contributed by atoms with Gasteiger partial charge in [-0.05, 0) is 38.0 Å². The summed E-state index contributed by atoms with van der Waals surface area (Å²) in [5.41, 5.74) is 2.37. The first kappa shape index (κ1) is 16.8. The van der Waals surface area contributed by atoms with Crippen LogP contribution in [-0.4, -0.2) is 42.8 Å². The molecule has 4 nitrogen and oxygen atoms in total. The van der Waals surface area contributed by atoms with Gasteiger partial charge >= 0.3 is 0 Å².